The Morgan fingerprint density at radius 2 is 2.40 bits per heavy atom. The molecule has 1 heterocycles. The molecule has 0 aliphatic rings. The van der Waals surface area contributed by atoms with E-state index in [-0.39, 0.29) is 12.5 Å². The smallest absolute Gasteiger partial charge is 0.311 e. The fraction of sp³-hybridized carbons (Fsp3) is 0.600. The summed E-state index contributed by atoms with van der Waals surface area (Å²) in [6.07, 6.45) is 2.17. The number of aliphatic carboxylic acids is 1. The van der Waals surface area contributed by atoms with Gasteiger partial charge in [-0.15, -0.1) is 11.3 Å². The number of nitrogens with two attached hydrogens (primary N) is 1. The maximum absolute atomic E-state index is 11.3. The van der Waals surface area contributed by atoms with Gasteiger partial charge in [-0.3, -0.25) is 9.78 Å². The summed E-state index contributed by atoms with van der Waals surface area (Å²) in [5, 5.41) is 9.30. The lowest BCUT2D eigenvalue weighted by Gasteiger charge is -2.31. The molecule has 1 atom stereocenters. The third-order valence-corrected chi connectivity index (χ3v) is 3.65. The van der Waals surface area contributed by atoms with Gasteiger partial charge in [0.2, 0.25) is 0 Å². The lowest BCUT2D eigenvalue weighted by molar-refractivity contribution is -0.151. The van der Waals surface area contributed by atoms with Crippen LogP contribution in [0.5, 0.6) is 0 Å². The molecule has 1 aromatic rings. The Morgan fingerprint density at radius 3 is 2.73 bits per heavy atom. The van der Waals surface area contributed by atoms with Gasteiger partial charge in [0, 0.05) is 24.0 Å². The Morgan fingerprint density at radius 1 is 1.73 bits per heavy atom. The van der Waals surface area contributed by atoms with Crippen LogP contribution in [0, 0.1) is 11.3 Å². The van der Waals surface area contributed by atoms with Crippen LogP contribution in [-0.4, -0.2) is 22.6 Å². The number of nitrogens with zero attached hydrogens (tertiary/aromatic N) is 1. The van der Waals surface area contributed by atoms with E-state index in [9.17, 15) is 9.90 Å². The van der Waals surface area contributed by atoms with Gasteiger partial charge in [-0.1, -0.05) is 13.8 Å². The van der Waals surface area contributed by atoms with E-state index in [0.717, 1.165) is 4.88 Å². The summed E-state index contributed by atoms with van der Waals surface area (Å²) in [5.74, 6) is -0.824. The number of carbonyl (C=O) groups is 1. The maximum Gasteiger partial charge on any atom is 0.311 e. The number of carboxylic acids is 1. The van der Waals surface area contributed by atoms with E-state index >= 15 is 0 Å². The highest BCUT2D eigenvalue weighted by Crippen LogP contribution is 2.32. The molecule has 1 unspecified atom stereocenters. The van der Waals surface area contributed by atoms with E-state index in [4.69, 9.17) is 5.73 Å². The molecular formula is C10H16N2O2S. The Kier molecular flexibility index (Phi) is 3.82. The van der Waals surface area contributed by atoms with Crippen LogP contribution in [0.25, 0.3) is 0 Å². The predicted molar refractivity (Wildman–Crippen MR) is 59.8 cm³/mol. The van der Waals surface area contributed by atoms with Gasteiger partial charge in [-0.25, -0.2) is 0 Å². The zero-order valence-electron chi connectivity index (χ0n) is 8.93. The molecule has 4 nitrogen and oxygen atoms in total. The summed E-state index contributed by atoms with van der Waals surface area (Å²) < 4.78 is 0. The zero-order valence-corrected chi connectivity index (χ0v) is 9.75. The van der Waals surface area contributed by atoms with Crippen molar-refractivity contribution in [3.8, 4) is 0 Å². The molecule has 5 heteroatoms. The number of hydrogen-bond acceptors (Lipinski definition) is 4. The number of aromatic nitrogens is 1. The summed E-state index contributed by atoms with van der Waals surface area (Å²) in [4.78, 5) is 16.2. The minimum atomic E-state index is -0.869. The van der Waals surface area contributed by atoms with E-state index in [1.165, 1.54) is 11.3 Å². The van der Waals surface area contributed by atoms with Gasteiger partial charge in [0.15, 0.2) is 0 Å². The number of carboxylic acid groups (broad SMARTS) is 1. The minimum absolute atomic E-state index is 0.00194. The Balaban J connectivity index is 2.95. The van der Waals surface area contributed by atoms with Gasteiger partial charge >= 0.3 is 5.97 Å². The summed E-state index contributed by atoms with van der Waals surface area (Å²) in [5.41, 5.74) is 6.47. The van der Waals surface area contributed by atoms with Crippen LogP contribution in [0.1, 0.15) is 18.7 Å². The van der Waals surface area contributed by atoms with Crippen LogP contribution < -0.4 is 5.73 Å². The maximum atomic E-state index is 11.3. The van der Waals surface area contributed by atoms with Crippen molar-refractivity contribution in [2.45, 2.75) is 20.3 Å². The molecule has 84 valence electrons. The van der Waals surface area contributed by atoms with Crippen LogP contribution in [0.15, 0.2) is 11.7 Å². The van der Waals surface area contributed by atoms with Crippen molar-refractivity contribution in [3.63, 3.8) is 0 Å². The van der Waals surface area contributed by atoms with Crippen molar-refractivity contribution in [3.05, 3.63) is 16.6 Å². The van der Waals surface area contributed by atoms with Crippen molar-refractivity contribution in [2.24, 2.45) is 17.1 Å². The number of rotatable bonds is 5. The first-order chi connectivity index (χ1) is 7.03. The summed E-state index contributed by atoms with van der Waals surface area (Å²) >= 11 is 1.47. The van der Waals surface area contributed by atoms with Crippen molar-refractivity contribution in [1.29, 1.82) is 0 Å². The predicted octanol–water partition coefficient (Wildman–Crippen LogP) is 1.37. The average Bonchev–Trinajstić information content (AvgIpc) is 2.65. The molecule has 0 aliphatic heterocycles. The van der Waals surface area contributed by atoms with Gasteiger partial charge < -0.3 is 10.8 Å². The highest BCUT2D eigenvalue weighted by Gasteiger charge is 2.40. The first kappa shape index (κ1) is 12.1. The third-order valence-electron chi connectivity index (χ3n) is 2.87. The van der Waals surface area contributed by atoms with E-state index in [1.54, 1.807) is 11.7 Å². The summed E-state index contributed by atoms with van der Waals surface area (Å²) in [7, 11) is 0. The largest absolute Gasteiger partial charge is 0.481 e. The SMILES string of the molecule is CC(C)C(CN)(Cc1cncs1)C(=O)O. The molecule has 0 aliphatic carbocycles. The fourth-order valence-electron chi connectivity index (χ4n) is 1.56. The first-order valence-electron chi connectivity index (χ1n) is 4.83. The molecule has 3 N–H and O–H groups in total. The first-order valence-corrected chi connectivity index (χ1v) is 5.71. The molecule has 0 fully saturated rings. The highest BCUT2D eigenvalue weighted by atomic mass is 32.1. The van der Waals surface area contributed by atoms with Crippen molar-refractivity contribution in [1.82, 2.24) is 4.98 Å². The van der Waals surface area contributed by atoms with E-state index in [0.29, 0.717) is 6.42 Å². The van der Waals surface area contributed by atoms with Gasteiger partial charge in [0.25, 0.3) is 0 Å². The minimum Gasteiger partial charge on any atom is -0.481 e. The fourth-order valence-corrected chi connectivity index (χ4v) is 2.28. The van der Waals surface area contributed by atoms with E-state index < -0.39 is 11.4 Å². The zero-order chi connectivity index (χ0) is 11.5. The van der Waals surface area contributed by atoms with Crippen molar-refractivity contribution >= 4 is 17.3 Å². The number of hydrogen-bond donors (Lipinski definition) is 2. The molecule has 0 spiro atoms. The molecule has 0 saturated heterocycles. The summed E-state index contributed by atoms with van der Waals surface area (Å²) in [6.45, 7) is 3.93. The van der Waals surface area contributed by atoms with E-state index in [2.05, 4.69) is 4.98 Å². The molecule has 0 radical (unpaired) electrons. The normalized spacial score (nSPS) is 15.2. The molecule has 0 bridgehead atoms. The molecule has 1 aromatic heterocycles. The Labute approximate surface area is 93.1 Å². The second-order valence-electron chi connectivity index (χ2n) is 3.96. The van der Waals surface area contributed by atoms with E-state index in [1.807, 2.05) is 13.8 Å². The third kappa shape index (κ3) is 2.35. The van der Waals surface area contributed by atoms with Gasteiger partial charge in [0.1, 0.15) is 0 Å². The Bertz CT molecular complexity index is 324. The van der Waals surface area contributed by atoms with Gasteiger partial charge in [-0.05, 0) is 5.92 Å². The highest BCUT2D eigenvalue weighted by molar-refractivity contribution is 7.09. The monoisotopic (exact) mass is 228 g/mol. The van der Waals surface area contributed by atoms with Crippen molar-refractivity contribution in [2.75, 3.05) is 6.54 Å². The van der Waals surface area contributed by atoms with Crippen molar-refractivity contribution < 1.29 is 9.90 Å². The molecule has 15 heavy (non-hydrogen) atoms. The molecule has 0 amide bonds. The second-order valence-corrected chi connectivity index (χ2v) is 4.94. The molecule has 1 rings (SSSR count). The second kappa shape index (κ2) is 4.72. The quantitative estimate of drug-likeness (QED) is 0.798. The van der Waals surface area contributed by atoms with Crippen LogP contribution in [0.3, 0.4) is 0 Å². The average molecular weight is 228 g/mol. The number of thiazole rings is 1. The van der Waals surface area contributed by atoms with Crippen LogP contribution >= 0.6 is 11.3 Å². The molecule has 0 saturated carbocycles. The van der Waals surface area contributed by atoms with Gasteiger partial charge in [0.05, 0.1) is 10.9 Å². The topological polar surface area (TPSA) is 76.2 Å². The standard InChI is InChI=1S/C10H16N2O2S/c1-7(2)10(5-11,9(13)14)3-8-4-12-6-15-8/h4,6-7H,3,5,11H2,1-2H3,(H,13,14). The van der Waals surface area contributed by atoms with Crippen LogP contribution in [0.4, 0.5) is 0 Å². The van der Waals surface area contributed by atoms with Crippen LogP contribution in [0.2, 0.25) is 0 Å². The lowest BCUT2D eigenvalue weighted by atomic mass is 9.74. The molecule has 0 aromatic carbocycles. The molecular weight excluding hydrogens is 212 g/mol. The lowest BCUT2D eigenvalue weighted by Crippen LogP contribution is -2.44. The van der Waals surface area contributed by atoms with Crippen LogP contribution in [-0.2, 0) is 11.2 Å². The Hall–Kier alpha value is -0.940. The summed E-state index contributed by atoms with van der Waals surface area (Å²) in [6, 6.07) is 0. The van der Waals surface area contributed by atoms with Gasteiger partial charge in [-0.2, -0.15) is 0 Å².